The summed E-state index contributed by atoms with van der Waals surface area (Å²) in [7, 11) is 0. The van der Waals surface area contributed by atoms with E-state index in [0.717, 1.165) is 39.1 Å². The van der Waals surface area contributed by atoms with Crippen LogP contribution in [0.1, 0.15) is 23.8 Å². The number of amides is 1. The molecule has 2 unspecified atom stereocenters. The van der Waals surface area contributed by atoms with Crippen LogP contribution in [0.3, 0.4) is 0 Å². The molecular weight excluding hydrogens is 272 g/mol. The first-order chi connectivity index (χ1) is 9.74. The van der Waals surface area contributed by atoms with Crippen molar-refractivity contribution in [1.29, 1.82) is 0 Å². The fourth-order valence-corrected chi connectivity index (χ4v) is 3.82. The third-order valence-corrected chi connectivity index (χ3v) is 5.43. The summed E-state index contributed by atoms with van der Waals surface area (Å²) in [6.45, 7) is 5.91. The van der Waals surface area contributed by atoms with E-state index in [4.69, 9.17) is 4.74 Å². The Morgan fingerprint density at radius 3 is 3.35 bits per heavy atom. The molecule has 4 nitrogen and oxygen atoms in total. The number of ether oxygens (including phenoxy) is 1. The molecule has 0 bridgehead atoms. The molecule has 3 heterocycles. The van der Waals surface area contributed by atoms with E-state index in [-0.39, 0.29) is 5.91 Å². The quantitative estimate of drug-likeness (QED) is 0.918. The van der Waals surface area contributed by atoms with Crippen LogP contribution in [-0.4, -0.2) is 43.2 Å². The van der Waals surface area contributed by atoms with Crippen LogP contribution in [0.4, 0.5) is 0 Å². The van der Waals surface area contributed by atoms with Crippen LogP contribution in [0, 0.1) is 5.92 Å². The van der Waals surface area contributed by atoms with Crippen molar-refractivity contribution in [3.63, 3.8) is 0 Å². The molecule has 2 aliphatic rings. The number of carbonyl (C=O) groups is 1. The van der Waals surface area contributed by atoms with E-state index >= 15 is 0 Å². The minimum absolute atomic E-state index is 0.215. The number of hydrogen-bond acceptors (Lipinski definition) is 4. The maximum Gasteiger partial charge on any atom is 0.236 e. The Hall–Kier alpha value is -0.910. The van der Waals surface area contributed by atoms with Gasteiger partial charge in [-0.3, -0.25) is 4.79 Å². The average Bonchev–Trinajstić information content (AvgIpc) is 3.13. The molecule has 1 saturated heterocycles. The summed E-state index contributed by atoms with van der Waals surface area (Å²) in [6.07, 6.45) is 2.11. The molecule has 3 rings (SSSR count). The number of carbonyl (C=O) groups excluding carboxylic acids is 1. The Labute approximate surface area is 124 Å². The molecule has 110 valence electrons. The fraction of sp³-hybridized carbons (Fsp3) is 0.667. The molecule has 0 aromatic carbocycles. The fourth-order valence-electron chi connectivity index (χ4n) is 2.94. The van der Waals surface area contributed by atoms with Gasteiger partial charge >= 0.3 is 0 Å². The Kier molecular flexibility index (Phi) is 4.38. The van der Waals surface area contributed by atoms with Crippen molar-refractivity contribution < 1.29 is 9.53 Å². The van der Waals surface area contributed by atoms with Crippen LogP contribution in [0.15, 0.2) is 11.4 Å². The summed E-state index contributed by atoms with van der Waals surface area (Å²) in [5.74, 6) is 0.764. The van der Waals surface area contributed by atoms with Crippen LogP contribution in [0.5, 0.6) is 0 Å². The number of hydrogen-bond donors (Lipinski definition) is 1. The highest BCUT2D eigenvalue weighted by atomic mass is 32.1. The Morgan fingerprint density at radius 1 is 1.65 bits per heavy atom. The lowest BCUT2D eigenvalue weighted by Crippen LogP contribution is -2.44. The van der Waals surface area contributed by atoms with E-state index in [0.29, 0.717) is 18.5 Å². The van der Waals surface area contributed by atoms with Gasteiger partial charge in [-0.05, 0) is 42.7 Å². The van der Waals surface area contributed by atoms with Gasteiger partial charge in [0.05, 0.1) is 13.2 Å². The zero-order valence-electron chi connectivity index (χ0n) is 11.9. The van der Waals surface area contributed by atoms with Crippen LogP contribution >= 0.6 is 11.3 Å². The topological polar surface area (TPSA) is 41.6 Å². The highest BCUT2D eigenvalue weighted by Gasteiger charge is 2.25. The highest BCUT2D eigenvalue weighted by Crippen LogP contribution is 2.24. The van der Waals surface area contributed by atoms with Crippen LogP contribution in [0.2, 0.25) is 0 Å². The maximum absolute atomic E-state index is 12.3. The van der Waals surface area contributed by atoms with Crippen molar-refractivity contribution in [2.45, 2.75) is 32.4 Å². The van der Waals surface area contributed by atoms with Gasteiger partial charge in [0.2, 0.25) is 5.91 Å². The Bertz CT molecular complexity index is 468. The molecule has 0 saturated carbocycles. The highest BCUT2D eigenvalue weighted by molar-refractivity contribution is 7.10. The van der Waals surface area contributed by atoms with E-state index < -0.39 is 0 Å². The monoisotopic (exact) mass is 294 g/mol. The van der Waals surface area contributed by atoms with Crippen molar-refractivity contribution in [3.05, 3.63) is 21.9 Å². The van der Waals surface area contributed by atoms with Gasteiger partial charge < -0.3 is 15.0 Å². The molecule has 1 aromatic rings. The predicted molar refractivity (Wildman–Crippen MR) is 79.8 cm³/mol. The minimum atomic E-state index is 0.215. The molecule has 1 amide bonds. The summed E-state index contributed by atoms with van der Waals surface area (Å²) in [6, 6.07) is 2.49. The first-order valence-electron chi connectivity index (χ1n) is 7.38. The first kappa shape index (κ1) is 14.0. The summed E-state index contributed by atoms with van der Waals surface area (Å²) < 4.78 is 5.40. The molecular formula is C15H22N2O2S. The van der Waals surface area contributed by atoms with Gasteiger partial charge in [0, 0.05) is 30.6 Å². The van der Waals surface area contributed by atoms with Gasteiger partial charge in [-0.15, -0.1) is 11.3 Å². The molecule has 5 heteroatoms. The number of thiophene rings is 1. The van der Waals surface area contributed by atoms with Gasteiger partial charge in [0.1, 0.15) is 0 Å². The van der Waals surface area contributed by atoms with Gasteiger partial charge in [0.25, 0.3) is 0 Å². The molecule has 20 heavy (non-hydrogen) atoms. The molecule has 1 N–H and O–H groups in total. The number of fused-ring (bicyclic) bond motifs is 1. The Morgan fingerprint density at radius 2 is 2.55 bits per heavy atom. The molecule has 2 aliphatic heterocycles. The zero-order valence-corrected chi connectivity index (χ0v) is 12.7. The summed E-state index contributed by atoms with van der Waals surface area (Å²) >= 11 is 1.81. The second-order valence-corrected chi connectivity index (χ2v) is 6.73. The van der Waals surface area contributed by atoms with Gasteiger partial charge in [-0.2, -0.15) is 0 Å². The second kappa shape index (κ2) is 6.24. The number of nitrogens with one attached hydrogen (secondary N) is 1. The molecule has 0 radical (unpaired) electrons. The van der Waals surface area contributed by atoms with E-state index in [1.165, 1.54) is 10.4 Å². The summed E-state index contributed by atoms with van der Waals surface area (Å²) in [4.78, 5) is 15.7. The maximum atomic E-state index is 12.3. The largest absolute Gasteiger partial charge is 0.381 e. The van der Waals surface area contributed by atoms with Crippen molar-refractivity contribution in [2.24, 2.45) is 5.92 Å². The summed E-state index contributed by atoms with van der Waals surface area (Å²) in [5, 5.41) is 5.49. The van der Waals surface area contributed by atoms with Crippen molar-refractivity contribution in [3.8, 4) is 0 Å². The predicted octanol–water partition coefficient (Wildman–Crippen LogP) is 1.65. The Balaban J connectivity index is 1.47. The normalized spacial score (nSPS) is 23.6. The first-order valence-corrected chi connectivity index (χ1v) is 8.26. The molecule has 1 fully saturated rings. The van der Waals surface area contributed by atoms with E-state index in [9.17, 15) is 4.79 Å². The van der Waals surface area contributed by atoms with E-state index in [2.05, 4.69) is 23.7 Å². The third-order valence-electron chi connectivity index (χ3n) is 4.41. The van der Waals surface area contributed by atoms with Crippen molar-refractivity contribution in [1.82, 2.24) is 10.2 Å². The molecule has 0 spiro atoms. The lowest BCUT2D eigenvalue weighted by Gasteiger charge is -2.28. The van der Waals surface area contributed by atoms with Gasteiger partial charge in [0.15, 0.2) is 0 Å². The van der Waals surface area contributed by atoms with Crippen LogP contribution in [-0.2, 0) is 22.5 Å². The third kappa shape index (κ3) is 3.05. The standard InChI is InChI=1S/C15H22N2O2S/c1-11(13-3-6-19-10-13)16-8-15(18)17-5-2-14-12(9-17)4-7-20-14/h4,7,11,13,16H,2-3,5-6,8-10H2,1H3. The van der Waals surface area contributed by atoms with E-state index in [1.807, 2.05) is 4.90 Å². The number of rotatable bonds is 4. The zero-order chi connectivity index (χ0) is 13.9. The summed E-state index contributed by atoms with van der Waals surface area (Å²) in [5.41, 5.74) is 1.33. The van der Waals surface area contributed by atoms with Crippen LogP contribution in [0.25, 0.3) is 0 Å². The van der Waals surface area contributed by atoms with Crippen molar-refractivity contribution in [2.75, 3.05) is 26.3 Å². The van der Waals surface area contributed by atoms with E-state index in [1.54, 1.807) is 11.3 Å². The lowest BCUT2D eigenvalue weighted by molar-refractivity contribution is -0.131. The average molecular weight is 294 g/mol. The molecule has 2 atom stereocenters. The SMILES string of the molecule is CC(NCC(=O)N1CCc2sccc2C1)C1CCOC1. The van der Waals surface area contributed by atoms with Crippen LogP contribution < -0.4 is 5.32 Å². The smallest absolute Gasteiger partial charge is 0.236 e. The lowest BCUT2D eigenvalue weighted by atomic mass is 10.0. The minimum Gasteiger partial charge on any atom is -0.381 e. The molecule has 0 aliphatic carbocycles. The van der Waals surface area contributed by atoms with Gasteiger partial charge in [-0.1, -0.05) is 0 Å². The van der Waals surface area contributed by atoms with Gasteiger partial charge in [-0.25, -0.2) is 0 Å². The molecule has 1 aromatic heterocycles. The van der Waals surface area contributed by atoms with Crippen molar-refractivity contribution >= 4 is 17.2 Å². The number of nitrogens with zero attached hydrogens (tertiary/aromatic N) is 1. The second-order valence-electron chi connectivity index (χ2n) is 5.73.